The number of quaternary nitrogens is 1. The molecular formula is C88H153NO8P+. The van der Waals surface area contributed by atoms with Crippen molar-refractivity contribution in [3.8, 4) is 0 Å². The van der Waals surface area contributed by atoms with Gasteiger partial charge in [-0.2, -0.15) is 0 Å². The first kappa shape index (κ1) is 93.9. The number of phosphoric ester groups is 1. The minimum absolute atomic E-state index is 0.0254. The fraction of sp³-hybridized carbons (Fsp3) is 0.705. The Hall–Kier alpha value is -4.11. The van der Waals surface area contributed by atoms with Crippen molar-refractivity contribution in [2.45, 2.75) is 354 Å². The van der Waals surface area contributed by atoms with Crippen molar-refractivity contribution in [2.75, 3.05) is 47.5 Å². The molecule has 0 radical (unpaired) electrons. The number of esters is 2. The minimum atomic E-state index is -4.41. The Labute approximate surface area is 605 Å². The van der Waals surface area contributed by atoms with E-state index in [2.05, 4.69) is 160 Å². The van der Waals surface area contributed by atoms with Gasteiger partial charge in [-0.3, -0.25) is 18.6 Å². The molecule has 0 aromatic rings. The van der Waals surface area contributed by atoms with E-state index in [0.717, 1.165) is 122 Å². The number of rotatable bonds is 74. The molecule has 0 heterocycles. The lowest BCUT2D eigenvalue weighted by atomic mass is 10.0. The van der Waals surface area contributed by atoms with Crippen molar-refractivity contribution in [1.29, 1.82) is 0 Å². The van der Waals surface area contributed by atoms with E-state index in [1.807, 2.05) is 21.1 Å². The van der Waals surface area contributed by atoms with Gasteiger partial charge in [-0.1, -0.05) is 365 Å². The van der Waals surface area contributed by atoms with Crippen molar-refractivity contribution in [2.24, 2.45) is 0 Å². The van der Waals surface area contributed by atoms with Gasteiger partial charge in [0.25, 0.3) is 0 Å². The molecule has 0 bridgehead atoms. The molecule has 562 valence electrons. The van der Waals surface area contributed by atoms with Crippen LogP contribution < -0.4 is 0 Å². The highest BCUT2D eigenvalue weighted by Gasteiger charge is 2.27. The van der Waals surface area contributed by atoms with E-state index in [1.165, 1.54) is 193 Å². The maximum Gasteiger partial charge on any atom is 0.472 e. The number of carbonyl (C=O) groups excluding carboxylic acids is 2. The average Bonchev–Trinajstić information content (AvgIpc) is 1.08. The monoisotopic (exact) mass is 1380 g/mol. The van der Waals surface area contributed by atoms with Crippen molar-refractivity contribution >= 4 is 19.8 Å². The van der Waals surface area contributed by atoms with Gasteiger partial charge in [0, 0.05) is 12.8 Å². The maximum absolute atomic E-state index is 12.9. The van der Waals surface area contributed by atoms with Gasteiger partial charge in [0.2, 0.25) is 0 Å². The van der Waals surface area contributed by atoms with E-state index in [-0.39, 0.29) is 32.0 Å². The summed E-state index contributed by atoms with van der Waals surface area (Å²) in [4.78, 5) is 36.0. The lowest BCUT2D eigenvalue weighted by Gasteiger charge is -2.24. The number of nitrogens with zero attached hydrogens (tertiary/aromatic N) is 1. The lowest BCUT2D eigenvalue weighted by molar-refractivity contribution is -0.870. The minimum Gasteiger partial charge on any atom is -0.462 e. The van der Waals surface area contributed by atoms with Crippen LogP contribution in [0.15, 0.2) is 146 Å². The Bertz CT molecular complexity index is 2170. The van der Waals surface area contributed by atoms with Crippen LogP contribution in [0.3, 0.4) is 0 Å². The number of likely N-dealkylation sites (N-methyl/N-ethyl adjacent to an activating group) is 1. The van der Waals surface area contributed by atoms with Crippen LogP contribution in [0.4, 0.5) is 0 Å². The zero-order valence-corrected chi connectivity index (χ0v) is 65.1. The highest BCUT2D eigenvalue weighted by atomic mass is 31.2. The Kier molecular flexibility index (Phi) is 73.8. The molecule has 1 N–H and O–H groups in total. The number of unbranched alkanes of at least 4 members (excludes halogenated alkanes) is 36. The largest absolute Gasteiger partial charge is 0.472 e. The van der Waals surface area contributed by atoms with E-state index in [1.54, 1.807) is 0 Å². The smallest absolute Gasteiger partial charge is 0.462 e. The van der Waals surface area contributed by atoms with Crippen LogP contribution in [0, 0.1) is 0 Å². The summed E-state index contributed by atoms with van der Waals surface area (Å²) in [5.41, 5.74) is 0. The molecule has 0 aliphatic carbocycles. The molecule has 2 atom stereocenters. The Morgan fingerprint density at radius 2 is 0.551 bits per heavy atom. The third-order valence-corrected chi connectivity index (χ3v) is 18.3. The Balaban J connectivity index is 3.96. The fourth-order valence-electron chi connectivity index (χ4n) is 11.3. The van der Waals surface area contributed by atoms with Crippen LogP contribution >= 0.6 is 7.82 Å². The second kappa shape index (κ2) is 77.1. The first-order valence-electron chi connectivity index (χ1n) is 40.6. The van der Waals surface area contributed by atoms with Gasteiger partial charge in [0.05, 0.1) is 27.7 Å². The topological polar surface area (TPSA) is 108 Å². The molecule has 0 amide bonds. The van der Waals surface area contributed by atoms with Gasteiger partial charge in [0.15, 0.2) is 6.10 Å². The zero-order chi connectivity index (χ0) is 71.1. The molecule has 0 saturated carbocycles. The van der Waals surface area contributed by atoms with E-state index < -0.39 is 26.5 Å². The van der Waals surface area contributed by atoms with Crippen LogP contribution in [0.25, 0.3) is 0 Å². The fourth-order valence-corrected chi connectivity index (χ4v) is 12.0. The van der Waals surface area contributed by atoms with Crippen molar-refractivity contribution in [3.63, 3.8) is 0 Å². The van der Waals surface area contributed by atoms with Gasteiger partial charge in [-0.25, -0.2) is 4.57 Å². The summed E-state index contributed by atoms with van der Waals surface area (Å²) < 4.78 is 34.8. The highest BCUT2D eigenvalue weighted by Crippen LogP contribution is 2.43. The average molecular weight is 1380 g/mol. The first-order chi connectivity index (χ1) is 48.0. The molecule has 0 aliphatic heterocycles. The second-order valence-corrected chi connectivity index (χ2v) is 29.5. The van der Waals surface area contributed by atoms with Crippen molar-refractivity contribution in [3.05, 3.63) is 146 Å². The molecule has 0 fully saturated rings. The summed E-state index contributed by atoms with van der Waals surface area (Å²) in [5.74, 6) is -0.801. The molecule has 0 spiro atoms. The standard InChI is InChI=1S/C88H152NO8P/c1-6-8-10-12-14-16-18-20-22-24-26-28-30-32-34-36-38-40-41-42-43-44-45-46-47-49-50-52-54-56-58-60-62-64-66-68-70-72-74-76-78-80-87(90)94-84-86(85-96-98(92,93)95-83-82-89(3,4)5)97-88(91)81-79-77-75-73-71-69-67-65-63-61-59-57-55-53-51-48-39-37-35-33-31-29-27-25-23-21-19-17-15-13-11-9-7-2/h8-11,14-17,20-23,26-29,33,35,39,48,53,55,59,61,86H,6-7,12-13,18-19,24-25,30-32,34,36-38,40-47,49-52,54,56-58,60,62-85H2,1-5H3/p+1/b10-8-,11-9-,16-14-,17-15-,22-20-,23-21-,28-26-,29-27-,35-33-,48-39-,55-53-,61-59-. The number of hydrogen-bond donors (Lipinski definition) is 1. The van der Waals surface area contributed by atoms with Crippen molar-refractivity contribution in [1.82, 2.24) is 0 Å². The molecule has 10 heteroatoms. The summed E-state index contributed by atoms with van der Waals surface area (Å²) in [7, 11) is 1.47. The SMILES string of the molecule is CC/C=C\C/C=C\C/C=C\C/C=C\C/C=C\C/C=C\C/C=C\C/C=C\CCCCCCCCCCC(=O)OC(COC(=O)CCCCCCCCCCCCCCCCCCCCCCCCCCCCCC/C=C\C/C=C\C/C=C\C/C=C\CC)COP(=O)(O)OCC[N+](C)(C)C. The summed E-state index contributed by atoms with van der Waals surface area (Å²) in [6.07, 6.45) is 114. The van der Waals surface area contributed by atoms with E-state index in [9.17, 15) is 19.0 Å². The van der Waals surface area contributed by atoms with Gasteiger partial charge in [0.1, 0.15) is 19.8 Å². The molecule has 0 saturated heterocycles. The maximum atomic E-state index is 12.9. The molecule has 98 heavy (non-hydrogen) atoms. The number of carbonyl (C=O) groups is 2. The molecule has 0 aromatic carbocycles. The van der Waals surface area contributed by atoms with Crippen LogP contribution in [0.1, 0.15) is 348 Å². The summed E-state index contributed by atoms with van der Waals surface area (Å²) >= 11 is 0. The molecule has 9 nitrogen and oxygen atoms in total. The van der Waals surface area contributed by atoms with Crippen LogP contribution in [0.2, 0.25) is 0 Å². The predicted molar refractivity (Wildman–Crippen MR) is 427 cm³/mol. The van der Waals surface area contributed by atoms with Crippen molar-refractivity contribution < 1.29 is 42.1 Å². The van der Waals surface area contributed by atoms with Gasteiger partial charge >= 0.3 is 19.8 Å². The molecule has 0 aromatic heterocycles. The van der Waals surface area contributed by atoms with Crippen LogP contribution in [0.5, 0.6) is 0 Å². The molecule has 2 unspecified atom stereocenters. The zero-order valence-electron chi connectivity index (χ0n) is 64.2. The molecular weight excluding hydrogens is 1230 g/mol. The van der Waals surface area contributed by atoms with Gasteiger partial charge in [-0.15, -0.1) is 0 Å². The predicted octanol–water partition coefficient (Wildman–Crippen LogP) is 27.3. The molecule has 0 rings (SSSR count). The number of ether oxygens (including phenoxy) is 2. The number of allylic oxidation sites excluding steroid dienone is 24. The van der Waals surface area contributed by atoms with E-state index >= 15 is 0 Å². The van der Waals surface area contributed by atoms with Gasteiger partial charge < -0.3 is 18.9 Å². The van der Waals surface area contributed by atoms with E-state index in [4.69, 9.17) is 18.5 Å². The third kappa shape index (κ3) is 80.9. The lowest BCUT2D eigenvalue weighted by Crippen LogP contribution is -2.37. The molecule has 0 aliphatic rings. The van der Waals surface area contributed by atoms with Gasteiger partial charge in [-0.05, 0) is 116 Å². The normalized spacial score (nSPS) is 13.8. The third-order valence-electron chi connectivity index (χ3n) is 17.4. The summed E-state index contributed by atoms with van der Waals surface area (Å²) in [6.45, 7) is 4.22. The Morgan fingerprint density at radius 3 is 0.816 bits per heavy atom. The van der Waals surface area contributed by atoms with Crippen LogP contribution in [-0.2, 0) is 32.7 Å². The number of hydrogen-bond acceptors (Lipinski definition) is 7. The summed E-state index contributed by atoms with van der Waals surface area (Å²) in [5, 5.41) is 0. The van der Waals surface area contributed by atoms with E-state index in [0.29, 0.717) is 17.4 Å². The second-order valence-electron chi connectivity index (χ2n) is 28.0. The summed E-state index contributed by atoms with van der Waals surface area (Å²) in [6, 6.07) is 0. The van der Waals surface area contributed by atoms with Crippen LogP contribution in [-0.4, -0.2) is 74.9 Å². The highest BCUT2D eigenvalue weighted by molar-refractivity contribution is 7.47. The quantitative estimate of drug-likeness (QED) is 0.0211. The first-order valence-corrected chi connectivity index (χ1v) is 42.1. The Morgan fingerprint density at radius 1 is 0.316 bits per heavy atom. The number of phosphoric acid groups is 1.